The van der Waals surface area contributed by atoms with Crippen LogP contribution < -0.4 is 5.11 Å². The number of ether oxygens (including phenoxy) is 4. The highest BCUT2D eigenvalue weighted by Crippen LogP contribution is 2.19. The Morgan fingerprint density at radius 2 is 0.654 bits per heavy atom. The van der Waals surface area contributed by atoms with E-state index in [4.69, 9.17) is 18.9 Å². The first-order chi connectivity index (χ1) is 38.1. The SMILES string of the molecule is CCCCCCC/C=C\CCCCCCCC(=O)OC(COC(=O)CCCCCCCCCCCCCCCCCCCCCCCCCCCCCCCCCCCCCCCCC)COC(OCC[N+](C)(C)C)C(=O)[O-]. The summed E-state index contributed by atoms with van der Waals surface area (Å²) in [6, 6.07) is 0. The normalized spacial score (nSPS) is 12.7. The second-order valence-electron chi connectivity index (χ2n) is 24.8. The summed E-state index contributed by atoms with van der Waals surface area (Å²) in [6.07, 6.45) is 70.4. The van der Waals surface area contributed by atoms with Crippen LogP contribution in [-0.2, 0) is 33.3 Å². The van der Waals surface area contributed by atoms with Crippen molar-refractivity contribution in [3.05, 3.63) is 12.2 Å². The number of unbranched alkanes of at least 4 members (excludes halogenated alkanes) is 48. The highest BCUT2D eigenvalue weighted by molar-refractivity contribution is 5.70. The third kappa shape index (κ3) is 61.6. The van der Waals surface area contributed by atoms with Crippen molar-refractivity contribution in [2.75, 3.05) is 47.5 Å². The van der Waals surface area contributed by atoms with Crippen LogP contribution in [0.1, 0.15) is 354 Å². The number of carboxylic acid groups (broad SMARTS) is 1. The van der Waals surface area contributed by atoms with Crippen molar-refractivity contribution in [1.82, 2.24) is 0 Å². The van der Waals surface area contributed by atoms with Crippen LogP contribution >= 0.6 is 0 Å². The van der Waals surface area contributed by atoms with Gasteiger partial charge in [-0.1, -0.05) is 315 Å². The van der Waals surface area contributed by atoms with Crippen molar-refractivity contribution < 1.29 is 42.9 Å². The smallest absolute Gasteiger partial charge is 0.306 e. The molecule has 0 fully saturated rings. The van der Waals surface area contributed by atoms with E-state index in [9.17, 15) is 19.5 Å². The molecule has 9 nitrogen and oxygen atoms in total. The predicted octanol–water partition coefficient (Wildman–Crippen LogP) is 19.5. The fraction of sp³-hybridized carbons (Fsp3) is 0.928. The molecule has 0 aliphatic carbocycles. The Bertz CT molecular complexity index is 1280. The van der Waals surface area contributed by atoms with Gasteiger partial charge in [0.2, 0.25) is 0 Å². The molecule has 78 heavy (non-hydrogen) atoms. The first kappa shape index (κ1) is 76.0. The number of hydrogen-bond donors (Lipinski definition) is 0. The minimum atomic E-state index is -1.62. The minimum absolute atomic E-state index is 0.150. The molecule has 0 bridgehead atoms. The first-order valence-electron chi connectivity index (χ1n) is 34.3. The van der Waals surface area contributed by atoms with Crippen molar-refractivity contribution in [2.24, 2.45) is 0 Å². The van der Waals surface area contributed by atoms with Gasteiger partial charge >= 0.3 is 11.9 Å². The molecule has 0 saturated heterocycles. The van der Waals surface area contributed by atoms with E-state index in [-0.39, 0.29) is 32.2 Å². The Balaban J connectivity index is 3.86. The average molecular weight is 1100 g/mol. The van der Waals surface area contributed by atoms with Crippen LogP contribution in [0.5, 0.6) is 0 Å². The fourth-order valence-corrected chi connectivity index (χ4v) is 10.5. The van der Waals surface area contributed by atoms with Gasteiger partial charge in [0, 0.05) is 12.8 Å². The van der Waals surface area contributed by atoms with Gasteiger partial charge in [0.05, 0.1) is 40.3 Å². The number of quaternary nitrogens is 1. The van der Waals surface area contributed by atoms with Crippen molar-refractivity contribution >= 4 is 17.9 Å². The lowest BCUT2D eigenvalue weighted by Gasteiger charge is -2.26. The third-order valence-corrected chi connectivity index (χ3v) is 15.8. The van der Waals surface area contributed by atoms with Crippen molar-refractivity contribution in [1.29, 1.82) is 0 Å². The number of carbonyl (C=O) groups excluding carboxylic acids is 3. The summed E-state index contributed by atoms with van der Waals surface area (Å²) in [5.41, 5.74) is 0. The van der Waals surface area contributed by atoms with Gasteiger partial charge in [0.25, 0.3) is 0 Å². The van der Waals surface area contributed by atoms with Crippen molar-refractivity contribution in [2.45, 2.75) is 367 Å². The van der Waals surface area contributed by atoms with E-state index in [1.54, 1.807) is 0 Å². The molecule has 0 heterocycles. The maximum Gasteiger partial charge on any atom is 0.306 e. The summed E-state index contributed by atoms with van der Waals surface area (Å²) in [5.74, 6) is -2.27. The lowest BCUT2D eigenvalue weighted by molar-refractivity contribution is -0.870. The molecule has 0 spiro atoms. The van der Waals surface area contributed by atoms with Gasteiger partial charge in [-0.05, 0) is 38.5 Å². The van der Waals surface area contributed by atoms with E-state index in [2.05, 4.69) is 26.0 Å². The van der Waals surface area contributed by atoms with E-state index in [1.807, 2.05) is 21.1 Å². The van der Waals surface area contributed by atoms with Crippen molar-refractivity contribution in [3.8, 4) is 0 Å². The first-order valence-corrected chi connectivity index (χ1v) is 34.3. The van der Waals surface area contributed by atoms with E-state index in [0.717, 1.165) is 51.4 Å². The number of likely N-dealkylation sites (N-methyl/N-ethyl adjacent to an activating group) is 1. The molecular formula is C69H133NO8. The molecule has 9 heteroatoms. The molecule has 2 atom stereocenters. The Morgan fingerprint density at radius 1 is 0.372 bits per heavy atom. The average Bonchev–Trinajstić information content (AvgIpc) is 3.41. The molecule has 0 aliphatic heterocycles. The summed E-state index contributed by atoms with van der Waals surface area (Å²) in [5, 5.41) is 11.8. The van der Waals surface area contributed by atoms with E-state index < -0.39 is 24.3 Å². The van der Waals surface area contributed by atoms with Crippen LogP contribution in [-0.4, -0.2) is 82.3 Å². The second kappa shape index (κ2) is 61.1. The van der Waals surface area contributed by atoms with E-state index in [0.29, 0.717) is 23.9 Å². The van der Waals surface area contributed by atoms with Crippen LogP contribution in [0.15, 0.2) is 12.2 Å². The van der Waals surface area contributed by atoms with Gasteiger partial charge < -0.3 is 33.3 Å². The molecule has 0 aliphatic rings. The van der Waals surface area contributed by atoms with Crippen LogP contribution in [0.4, 0.5) is 0 Å². The summed E-state index contributed by atoms with van der Waals surface area (Å²) >= 11 is 0. The second-order valence-corrected chi connectivity index (χ2v) is 24.8. The summed E-state index contributed by atoms with van der Waals surface area (Å²) in [6.45, 7) is 4.78. The molecule has 0 aromatic carbocycles. The highest BCUT2D eigenvalue weighted by atomic mass is 16.7. The van der Waals surface area contributed by atoms with Crippen molar-refractivity contribution in [3.63, 3.8) is 0 Å². The van der Waals surface area contributed by atoms with Gasteiger partial charge in [-0.3, -0.25) is 9.59 Å². The van der Waals surface area contributed by atoms with Gasteiger partial charge in [0.15, 0.2) is 12.4 Å². The number of aliphatic carboxylic acids is 1. The topological polar surface area (TPSA) is 111 Å². The largest absolute Gasteiger partial charge is 0.545 e. The maximum absolute atomic E-state index is 12.8. The lowest BCUT2D eigenvalue weighted by Crippen LogP contribution is -2.44. The third-order valence-electron chi connectivity index (χ3n) is 15.8. The lowest BCUT2D eigenvalue weighted by atomic mass is 10.0. The van der Waals surface area contributed by atoms with Crippen LogP contribution in [0.2, 0.25) is 0 Å². The van der Waals surface area contributed by atoms with Crippen LogP contribution in [0, 0.1) is 0 Å². The van der Waals surface area contributed by atoms with Gasteiger partial charge in [-0.25, -0.2) is 0 Å². The number of nitrogens with zero attached hydrogens (tertiary/aromatic N) is 1. The van der Waals surface area contributed by atoms with Gasteiger partial charge in [-0.2, -0.15) is 0 Å². The zero-order valence-corrected chi connectivity index (χ0v) is 52.8. The molecule has 0 saturated carbocycles. The molecule has 0 radical (unpaired) electrons. The monoisotopic (exact) mass is 1100 g/mol. The number of rotatable bonds is 65. The summed E-state index contributed by atoms with van der Waals surface area (Å²) in [7, 11) is 5.93. The zero-order chi connectivity index (χ0) is 56.9. The number of esters is 2. The number of allylic oxidation sites excluding steroid dienone is 2. The van der Waals surface area contributed by atoms with Crippen LogP contribution in [0.25, 0.3) is 0 Å². The summed E-state index contributed by atoms with van der Waals surface area (Å²) in [4.78, 5) is 37.3. The van der Waals surface area contributed by atoms with E-state index >= 15 is 0 Å². The predicted molar refractivity (Wildman–Crippen MR) is 330 cm³/mol. The Kier molecular flexibility index (Phi) is 59.6. The quantitative estimate of drug-likeness (QED) is 0.0195. The Hall–Kier alpha value is -1.97. The number of carbonyl (C=O) groups is 3. The molecule has 0 aromatic rings. The molecule has 462 valence electrons. The molecule has 0 aromatic heterocycles. The van der Waals surface area contributed by atoms with Crippen LogP contribution in [0.3, 0.4) is 0 Å². The number of carboxylic acids is 1. The Labute approximate surface area is 485 Å². The standard InChI is InChI=1S/C69H133NO8/c1-6-8-10-12-14-16-18-20-22-23-24-25-26-27-28-29-30-31-32-33-34-35-36-37-38-39-40-41-42-43-44-45-46-48-49-51-53-55-57-59-66(71)76-63-65(64-77-69(68(73)74)75-62-61-70(3,4)5)78-67(72)60-58-56-54-52-50-47-21-19-17-15-13-11-9-7-2/h19,21,65,69H,6-18,20,22-64H2,1-5H3/b21-19-. The summed E-state index contributed by atoms with van der Waals surface area (Å²) < 4.78 is 22.7. The zero-order valence-electron chi connectivity index (χ0n) is 52.8. The molecule has 0 N–H and O–H groups in total. The Morgan fingerprint density at radius 3 is 0.949 bits per heavy atom. The molecule has 0 amide bonds. The van der Waals surface area contributed by atoms with E-state index in [1.165, 1.54) is 270 Å². The number of hydrogen-bond acceptors (Lipinski definition) is 8. The van der Waals surface area contributed by atoms with Gasteiger partial charge in [-0.15, -0.1) is 0 Å². The fourth-order valence-electron chi connectivity index (χ4n) is 10.5. The maximum atomic E-state index is 12.8. The molecular weight excluding hydrogens is 971 g/mol. The minimum Gasteiger partial charge on any atom is -0.545 e. The highest BCUT2D eigenvalue weighted by Gasteiger charge is 2.22. The molecule has 0 rings (SSSR count). The molecule has 2 unspecified atom stereocenters. The van der Waals surface area contributed by atoms with Gasteiger partial charge in [0.1, 0.15) is 13.2 Å².